The van der Waals surface area contributed by atoms with Gasteiger partial charge in [-0.15, -0.1) is 0 Å². The zero-order chi connectivity index (χ0) is 18.7. The zero-order valence-corrected chi connectivity index (χ0v) is 16.5. The van der Waals surface area contributed by atoms with Crippen LogP contribution >= 0.6 is 0 Å². The molecule has 140 valence electrons. The van der Waals surface area contributed by atoms with Crippen LogP contribution in [-0.2, 0) is 17.8 Å². The number of aryl methyl sites for hydroxylation is 1. The third-order valence-corrected chi connectivity index (χ3v) is 5.42. The molecule has 3 rings (SSSR count). The first-order valence-electron chi connectivity index (χ1n) is 9.84. The average molecular weight is 354 g/mol. The fourth-order valence-corrected chi connectivity index (χ4v) is 4.08. The molecule has 2 aromatic rings. The van der Waals surface area contributed by atoms with Crippen LogP contribution in [0, 0.1) is 19.8 Å². The van der Waals surface area contributed by atoms with Gasteiger partial charge >= 0.3 is 0 Å². The van der Waals surface area contributed by atoms with E-state index >= 15 is 0 Å². The van der Waals surface area contributed by atoms with Crippen LogP contribution in [0.3, 0.4) is 0 Å². The molecular formula is C22H31N3O. The van der Waals surface area contributed by atoms with E-state index < -0.39 is 0 Å². The lowest BCUT2D eigenvalue weighted by Crippen LogP contribution is -2.30. The van der Waals surface area contributed by atoms with Crippen LogP contribution in [0.25, 0.3) is 0 Å². The summed E-state index contributed by atoms with van der Waals surface area (Å²) in [7, 11) is 0. The number of carbonyl (C=O) groups is 1. The van der Waals surface area contributed by atoms with Crippen molar-refractivity contribution in [1.29, 1.82) is 0 Å². The van der Waals surface area contributed by atoms with Gasteiger partial charge in [0.25, 0.3) is 0 Å². The number of hydrogen-bond acceptors (Lipinski definition) is 2. The van der Waals surface area contributed by atoms with Gasteiger partial charge in [-0.25, -0.2) is 0 Å². The second kappa shape index (κ2) is 8.07. The summed E-state index contributed by atoms with van der Waals surface area (Å²) >= 11 is 0. The predicted octanol–water partition coefficient (Wildman–Crippen LogP) is 4.45. The van der Waals surface area contributed by atoms with Gasteiger partial charge in [0, 0.05) is 25.2 Å². The maximum atomic E-state index is 12.9. The van der Waals surface area contributed by atoms with Gasteiger partial charge in [-0.05, 0) is 50.2 Å². The topological polar surface area (TPSA) is 38.1 Å². The highest BCUT2D eigenvalue weighted by molar-refractivity contribution is 5.77. The number of aromatic nitrogens is 2. The molecule has 1 aliphatic rings. The Hall–Kier alpha value is -2.10. The van der Waals surface area contributed by atoms with Crippen molar-refractivity contribution in [1.82, 2.24) is 14.7 Å². The van der Waals surface area contributed by atoms with Crippen molar-refractivity contribution in [3.05, 3.63) is 52.8 Å². The predicted molar refractivity (Wildman–Crippen MR) is 105 cm³/mol. The molecule has 1 aromatic heterocycles. The maximum Gasteiger partial charge on any atom is 0.223 e. The Labute approximate surface area is 157 Å². The van der Waals surface area contributed by atoms with Crippen LogP contribution in [0.5, 0.6) is 0 Å². The van der Waals surface area contributed by atoms with Crippen molar-refractivity contribution in [2.75, 3.05) is 6.54 Å². The fourth-order valence-electron chi connectivity index (χ4n) is 4.08. The number of hydrogen-bond donors (Lipinski definition) is 0. The minimum absolute atomic E-state index is 0.245. The highest BCUT2D eigenvalue weighted by Gasteiger charge is 2.29. The molecule has 0 bridgehead atoms. The molecule has 0 spiro atoms. The second-order valence-corrected chi connectivity index (χ2v) is 7.88. The van der Waals surface area contributed by atoms with Crippen molar-refractivity contribution in [2.45, 2.75) is 66.0 Å². The van der Waals surface area contributed by atoms with Gasteiger partial charge in [-0.3, -0.25) is 9.48 Å². The lowest BCUT2D eigenvalue weighted by atomic mass is 10.0. The van der Waals surface area contributed by atoms with Crippen molar-refractivity contribution >= 4 is 5.91 Å². The quantitative estimate of drug-likeness (QED) is 0.769. The molecule has 1 fully saturated rings. The monoisotopic (exact) mass is 353 g/mol. The zero-order valence-electron chi connectivity index (χ0n) is 16.5. The number of amides is 1. The SMILES string of the molecule is Cc1nn(CC(C)C)c(C)c1CCC(=O)N1CCCC1c1ccccc1. The van der Waals surface area contributed by atoms with Crippen LogP contribution in [0.4, 0.5) is 0 Å². The molecule has 0 aliphatic carbocycles. The highest BCUT2D eigenvalue weighted by atomic mass is 16.2. The van der Waals surface area contributed by atoms with E-state index in [-0.39, 0.29) is 11.9 Å². The molecule has 1 saturated heterocycles. The van der Waals surface area contributed by atoms with E-state index in [1.165, 1.54) is 16.8 Å². The first-order valence-corrected chi connectivity index (χ1v) is 9.84. The van der Waals surface area contributed by atoms with E-state index in [2.05, 4.69) is 66.6 Å². The molecule has 26 heavy (non-hydrogen) atoms. The minimum atomic E-state index is 0.245. The first kappa shape index (κ1) is 18.7. The third-order valence-electron chi connectivity index (χ3n) is 5.42. The van der Waals surface area contributed by atoms with Crippen molar-refractivity contribution in [3.8, 4) is 0 Å². The normalized spacial score (nSPS) is 17.3. The number of likely N-dealkylation sites (tertiary alicyclic amines) is 1. The third kappa shape index (κ3) is 4.00. The van der Waals surface area contributed by atoms with Crippen LogP contribution in [-0.4, -0.2) is 27.1 Å². The Morgan fingerprint density at radius 3 is 2.65 bits per heavy atom. The number of nitrogens with zero attached hydrogens (tertiary/aromatic N) is 3. The lowest BCUT2D eigenvalue weighted by Gasteiger charge is -2.25. The molecule has 4 nitrogen and oxygen atoms in total. The Kier molecular flexibility index (Phi) is 5.80. The maximum absolute atomic E-state index is 12.9. The van der Waals surface area contributed by atoms with Crippen LogP contribution in [0.2, 0.25) is 0 Å². The molecule has 2 heterocycles. The van der Waals surface area contributed by atoms with Crippen molar-refractivity contribution < 1.29 is 4.79 Å². The van der Waals surface area contributed by atoms with E-state index in [1.54, 1.807) is 0 Å². The molecule has 0 radical (unpaired) electrons. The summed E-state index contributed by atoms with van der Waals surface area (Å²) in [5.74, 6) is 0.838. The van der Waals surface area contributed by atoms with E-state index in [4.69, 9.17) is 0 Å². The number of carbonyl (C=O) groups excluding carboxylic acids is 1. The first-order chi connectivity index (χ1) is 12.5. The molecule has 4 heteroatoms. The molecule has 1 amide bonds. The molecule has 1 unspecified atom stereocenters. The standard InChI is InChI=1S/C22H31N3O/c1-16(2)15-25-18(4)20(17(3)23-25)12-13-22(26)24-14-8-11-21(24)19-9-6-5-7-10-19/h5-7,9-10,16,21H,8,11-15H2,1-4H3. The Morgan fingerprint density at radius 2 is 1.96 bits per heavy atom. The highest BCUT2D eigenvalue weighted by Crippen LogP contribution is 2.32. The van der Waals surface area contributed by atoms with Crippen LogP contribution in [0.1, 0.15) is 61.7 Å². The van der Waals surface area contributed by atoms with Crippen LogP contribution < -0.4 is 0 Å². The minimum Gasteiger partial charge on any atom is -0.336 e. The molecule has 0 N–H and O–H groups in total. The summed E-state index contributed by atoms with van der Waals surface area (Å²) in [5, 5.41) is 4.68. The Morgan fingerprint density at radius 1 is 1.23 bits per heavy atom. The van der Waals surface area contributed by atoms with Gasteiger partial charge in [0.1, 0.15) is 0 Å². The lowest BCUT2D eigenvalue weighted by molar-refractivity contribution is -0.132. The summed E-state index contributed by atoms with van der Waals surface area (Å²) in [6.07, 6.45) is 3.51. The van der Waals surface area contributed by atoms with E-state index in [0.717, 1.165) is 38.0 Å². The van der Waals surface area contributed by atoms with E-state index in [0.29, 0.717) is 12.3 Å². The van der Waals surface area contributed by atoms with E-state index in [9.17, 15) is 4.79 Å². The molecule has 1 aliphatic heterocycles. The number of benzene rings is 1. The summed E-state index contributed by atoms with van der Waals surface area (Å²) in [5.41, 5.74) is 4.78. The van der Waals surface area contributed by atoms with Gasteiger partial charge in [-0.1, -0.05) is 44.2 Å². The largest absolute Gasteiger partial charge is 0.336 e. The Balaban J connectivity index is 1.66. The molecular weight excluding hydrogens is 322 g/mol. The fraction of sp³-hybridized carbons (Fsp3) is 0.545. The van der Waals surface area contributed by atoms with Crippen LogP contribution in [0.15, 0.2) is 30.3 Å². The summed E-state index contributed by atoms with van der Waals surface area (Å²) in [6, 6.07) is 10.7. The van der Waals surface area contributed by atoms with Crippen molar-refractivity contribution in [2.24, 2.45) is 5.92 Å². The average Bonchev–Trinajstić information content (AvgIpc) is 3.19. The second-order valence-electron chi connectivity index (χ2n) is 7.88. The summed E-state index contributed by atoms with van der Waals surface area (Å²) in [6.45, 7) is 10.4. The van der Waals surface area contributed by atoms with Crippen molar-refractivity contribution in [3.63, 3.8) is 0 Å². The van der Waals surface area contributed by atoms with Gasteiger partial charge in [0.2, 0.25) is 5.91 Å². The van der Waals surface area contributed by atoms with Gasteiger partial charge in [0.15, 0.2) is 0 Å². The van der Waals surface area contributed by atoms with E-state index in [1.807, 2.05) is 6.07 Å². The summed E-state index contributed by atoms with van der Waals surface area (Å²) in [4.78, 5) is 15.0. The van der Waals surface area contributed by atoms with Gasteiger partial charge in [-0.2, -0.15) is 5.10 Å². The molecule has 1 atom stereocenters. The summed E-state index contributed by atoms with van der Waals surface area (Å²) < 4.78 is 2.10. The number of rotatable bonds is 6. The Bertz CT molecular complexity index is 748. The molecule has 1 aromatic carbocycles. The van der Waals surface area contributed by atoms with Gasteiger partial charge in [0.05, 0.1) is 11.7 Å². The molecule has 0 saturated carbocycles. The van der Waals surface area contributed by atoms with Gasteiger partial charge < -0.3 is 4.90 Å². The smallest absolute Gasteiger partial charge is 0.223 e.